The Hall–Kier alpha value is -1.40. The van der Waals surface area contributed by atoms with E-state index in [0.717, 1.165) is 0 Å². The van der Waals surface area contributed by atoms with Crippen LogP contribution in [-0.4, -0.2) is 41.7 Å². The van der Waals surface area contributed by atoms with Gasteiger partial charge < -0.3 is 14.7 Å². The average molecular weight is 292 g/mol. The van der Waals surface area contributed by atoms with Crippen LogP contribution in [0.3, 0.4) is 0 Å². The van der Waals surface area contributed by atoms with Crippen molar-refractivity contribution in [3.05, 3.63) is 28.8 Å². The number of aliphatic hydroxyl groups is 1. The number of ether oxygens (including phenoxy) is 1. The number of hydrogen-bond donors (Lipinski definition) is 1. The van der Waals surface area contributed by atoms with Crippen molar-refractivity contribution in [3.63, 3.8) is 0 Å². The summed E-state index contributed by atoms with van der Waals surface area (Å²) in [6.45, 7) is -2.46. The van der Waals surface area contributed by atoms with Gasteiger partial charge in [-0.05, 0) is 24.6 Å². The van der Waals surface area contributed by atoms with E-state index in [2.05, 4.69) is 4.74 Å². The number of carbonyl (C=O) groups is 1. The molecule has 4 nitrogen and oxygen atoms in total. The van der Waals surface area contributed by atoms with E-state index in [9.17, 15) is 18.7 Å². The third-order valence-corrected chi connectivity index (χ3v) is 3.07. The molecule has 0 aliphatic carbocycles. The molecule has 1 aliphatic heterocycles. The van der Waals surface area contributed by atoms with Crippen molar-refractivity contribution in [1.82, 2.24) is 4.90 Å². The Labute approximate surface area is 113 Å². The summed E-state index contributed by atoms with van der Waals surface area (Å²) in [6, 6.07) is 3.88. The van der Waals surface area contributed by atoms with Gasteiger partial charge in [-0.2, -0.15) is 8.78 Å². The summed E-state index contributed by atoms with van der Waals surface area (Å²) in [4.78, 5) is 13.6. The SMILES string of the molecule is O=C(c1cc(Cl)ccc1OC(F)F)N1CC[C@@H](O)C1. The maximum atomic E-state index is 12.3. The van der Waals surface area contributed by atoms with Gasteiger partial charge in [-0.1, -0.05) is 11.6 Å². The van der Waals surface area contributed by atoms with E-state index in [1.807, 2.05) is 0 Å². The third kappa shape index (κ3) is 3.33. The highest BCUT2D eigenvalue weighted by Gasteiger charge is 2.28. The molecule has 0 bridgehead atoms. The first-order valence-corrected chi connectivity index (χ1v) is 6.07. The summed E-state index contributed by atoms with van der Waals surface area (Å²) in [7, 11) is 0. The third-order valence-electron chi connectivity index (χ3n) is 2.84. The van der Waals surface area contributed by atoms with Gasteiger partial charge in [0.25, 0.3) is 5.91 Å². The molecule has 7 heteroatoms. The van der Waals surface area contributed by atoms with E-state index in [4.69, 9.17) is 11.6 Å². The first-order chi connectivity index (χ1) is 8.97. The van der Waals surface area contributed by atoms with Gasteiger partial charge in [-0.3, -0.25) is 4.79 Å². The fraction of sp³-hybridized carbons (Fsp3) is 0.417. The second-order valence-electron chi connectivity index (χ2n) is 4.21. The highest BCUT2D eigenvalue weighted by molar-refractivity contribution is 6.31. The van der Waals surface area contributed by atoms with Gasteiger partial charge in [-0.15, -0.1) is 0 Å². The van der Waals surface area contributed by atoms with Crippen LogP contribution in [0.4, 0.5) is 8.78 Å². The monoisotopic (exact) mass is 291 g/mol. The zero-order chi connectivity index (χ0) is 14.0. The number of aliphatic hydroxyl groups excluding tert-OH is 1. The van der Waals surface area contributed by atoms with Crippen molar-refractivity contribution in [1.29, 1.82) is 0 Å². The molecular formula is C12H12ClF2NO3. The summed E-state index contributed by atoms with van der Waals surface area (Å²) in [5.41, 5.74) is -0.0260. The molecule has 1 heterocycles. The Morgan fingerprint density at radius 3 is 2.84 bits per heavy atom. The summed E-state index contributed by atoms with van der Waals surface area (Å²) >= 11 is 5.77. The van der Waals surface area contributed by atoms with Crippen LogP contribution in [-0.2, 0) is 0 Å². The Bertz CT molecular complexity index is 484. The highest BCUT2D eigenvalue weighted by Crippen LogP contribution is 2.27. The number of β-amino-alcohol motifs (C(OH)–C–C–N with tert-alkyl or cyclic N) is 1. The molecule has 0 saturated carbocycles. The normalized spacial score (nSPS) is 19.0. The summed E-state index contributed by atoms with van der Waals surface area (Å²) in [5.74, 6) is -0.694. The maximum Gasteiger partial charge on any atom is 0.387 e. The summed E-state index contributed by atoms with van der Waals surface area (Å²) < 4.78 is 28.9. The minimum absolute atomic E-state index is 0.0260. The molecule has 1 aromatic carbocycles. The predicted octanol–water partition coefficient (Wildman–Crippen LogP) is 2.15. The van der Waals surface area contributed by atoms with Crippen molar-refractivity contribution in [2.75, 3.05) is 13.1 Å². The van der Waals surface area contributed by atoms with E-state index < -0.39 is 18.6 Å². The standard InChI is InChI=1S/C12H12ClF2NO3/c13-7-1-2-10(19-12(14)15)9(5-7)11(18)16-4-3-8(17)6-16/h1-2,5,8,12,17H,3-4,6H2/t8-/m1/s1. The largest absolute Gasteiger partial charge is 0.434 e. The highest BCUT2D eigenvalue weighted by atomic mass is 35.5. The molecular weight excluding hydrogens is 280 g/mol. The van der Waals surface area contributed by atoms with Gasteiger partial charge in [0.05, 0.1) is 11.7 Å². The Morgan fingerprint density at radius 1 is 1.53 bits per heavy atom. The van der Waals surface area contributed by atoms with Crippen LogP contribution < -0.4 is 4.74 Å². The molecule has 1 fully saturated rings. The molecule has 1 aliphatic rings. The van der Waals surface area contributed by atoms with E-state index in [1.54, 1.807) is 0 Å². The molecule has 0 radical (unpaired) electrons. The number of benzene rings is 1. The molecule has 1 amide bonds. The van der Waals surface area contributed by atoms with E-state index >= 15 is 0 Å². The van der Waals surface area contributed by atoms with Crippen LogP contribution in [0, 0.1) is 0 Å². The lowest BCUT2D eigenvalue weighted by Crippen LogP contribution is -2.30. The molecule has 1 aromatic rings. The lowest BCUT2D eigenvalue weighted by molar-refractivity contribution is -0.0502. The molecule has 1 atom stereocenters. The molecule has 1 N–H and O–H groups in total. The summed E-state index contributed by atoms with van der Waals surface area (Å²) in [6.07, 6.45) is -0.111. The quantitative estimate of drug-likeness (QED) is 0.928. The number of hydrogen-bond acceptors (Lipinski definition) is 3. The van der Waals surface area contributed by atoms with Gasteiger partial charge in [0.15, 0.2) is 0 Å². The van der Waals surface area contributed by atoms with Gasteiger partial charge >= 0.3 is 6.61 Å². The van der Waals surface area contributed by atoms with E-state index in [0.29, 0.717) is 13.0 Å². The second-order valence-corrected chi connectivity index (χ2v) is 4.65. The average Bonchev–Trinajstić information content (AvgIpc) is 2.77. The number of likely N-dealkylation sites (tertiary alicyclic amines) is 1. The Balaban J connectivity index is 2.26. The molecule has 0 unspecified atom stereocenters. The number of carbonyl (C=O) groups excluding carboxylic acids is 1. The lowest BCUT2D eigenvalue weighted by atomic mass is 10.1. The molecule has 1 saturated heterocycles. The van der Waals surface area contributed by atoms with Crippen molar-refractivity contribution in [3.8, 4) is 5.75 Å². The minimum Gasteiger partial charge on any atom is -0.434 e. The van der Waals surface area contributed by atoms with E-state index in [1.165, 1.54) is 23.1 Å². The fourth-order valence-electron chi connectivity index (χ4n) is 1.96. The first kappa shape index (κ1) is 14.0. The summed E-state index contributed by atoms with van der Waals surface area (Å²) in [5, 5.41) is 9.65. The number of nitrogens with zero attached hydrogens (tertiary/aromatic N) is 1. The van der Waals surface area contributed by atoms with Gasteiger partial charge in [0.1, 0.15) is 5.75 Å². The second kappa shape index (κ2) is 5.71. The topological polar surface area (TPSA) is 49.8 Å². The maximum absolute atomic E-state index is 12.3. The smallest absolute Gasteiger partial charge is 0.387 e. The van der Waals surface area contributed by atoms with Crippen molar-refractivity contribution < 1.29 is 23.4 Å². The molecule has 2 rings (SSSR count). The van der Waals surface area contributed by atoms with Crippen LogP contribution in [0.15, 0.2) is 18.2 Å². The Kier molecular flexibility index (Phi) is 4.21. The number of halogens is 3. The number of rotatable bonds is 3. The number of alkyl halides is 2. The minimum atomic E-state index is -3.02. The first-order valence-electron chi connectivity index (χ1n) is 5.69. The zero-order valence-electron chi connectivity index (χ0n) is 9.85. The van der Waals surface area contributed by atoms with Crippen LogP contribution >= 0.6 is 11.6 Å². The van der Waals surface area contributed by atoms with Crippen molar-refractivity contribution in [2.24, 2.45) is 0 Å². The Morgan fingerprint density at radius 2 is 2.26 bits per heavy atom. The molecule has 0 spiro atoms. The predicted molar refractivity (Wildman–Crippen MR) is 64.6 cm³/mol. The molecule has 0 aromatic heterocycles. The van der Waals surface area contributed by atoms with E-state index in [-0.39, 0.29) is 22.9 Å². The molecule has 104 valence electrons. The van der Waals surface area contributed by atoms with Crippen molar-refractivity contribution >= 4 is 17.5 Å². The lowest BCUT2D eigenvalue weighted by Gasteiger charge is -2.18. The van der Waals surface area contributed by atoms with Gasteiger partial charge in [0.2, 0.25) is 0 Å². The van der Waals surface area contributed by atoms with Crippen LogP contribution in [0.2, 0.25) is 5.02 Å². The number of amides is 1. The fourth-order valence-corrected chi connectivity index (χ4v) is 2.14. The zero-order valence-corrected chi connectivity index (χ0v) is 10.6. The van der Waals surface area contributed by atoms with Crippen LogP contribution in [0.5, 0.6) is 5.75 Å². The van der Waals surface area contributed by atoms with Gasteiger partial charge in [-0.25, -0.2) is 0 Å². The molecule has 19 heavy (non-hydrogen) atoms. The van der Waals surface area contributed by atoms with Crippen LogP contribution in [0.1, 0.15) is 16.8 Å². The van der Waals surface area contributed by atoms with Crippen molar-refractivity contribution in [2.45, 2.75) is 19.1 Å². The van der Waals surface area contributed by atoms with Crippen LogP contribution in [0.25, 0.3) is 0 Å². The van der Waals surface area contributed by atoms with Gasteiger partial charge in [0, 0.05) is 18.1 Å².